The Labute approximate surface area is 94.2 Å². The van der Waals surface area contributed by atoms with Gasteiger partial charge in [0.2, 0.25) is 0 Å². The van der Waals surface area contributed by atoms with E-state index in [0.717, 1.165) is 6.42 Å². The molecule has 0 aromatic rings. The maximum Gasteiger partial charge on any atom is 0.328 e. The summed E-state index contributed by atoms with van der Waals surface area (Å²) in [5.41, 5.74) is 0. The van der Waals surface area contributed by atoms with Crippen LogP contribution >= 0.6 is 0 Å². The molecule has 0 spiro atoms. The average Bonchev–Trinajstić information content (AvgIpc) is 2.53. The molecule has 3 atom stereocenters. The minimum atomic E-state index is -1.23. The summed E-state index contributed by atoms with van der Waals surface area (Å²) in [5, 5.41) is 19.8. The summed E-state index contributed by atoms with van der Waals surface area (Å²) in [7, 11) is 0. The third-order valence-electron chi connectivity index (χ3n) is 2.82. The van der Waals surface area contributed by atoms with Crippen molar-refractivity contribution >= 4 is 12.0 Å². The fourth-order valence-corrected chi connectivity index (χ4v) is 2.00. The second-order valence-corrected chi connectivity index (χ2v) is 4.37. The lowest BCUT2D eigenvalue weighted by Gasteiger charge is -2.23. The lowest BCUT2D eigenvalue weighted by molar-refractivity contribution is -0.140. The van der Waals surface area contributed by atoms with Crippen molar-refractivity contribution in [3.8, 4) is 0 Å². The highest BCUT2D eigenvalue weighted by Gasteiger charge is 2.31. The van der Waals surface area contributed by atoms with Crippen LogP contribution < -0.4 is 5.32 Å². The van der Waals surface area contributed by atoms with Gasteiger partial charge in [0.1, 0.15) is 0 Å². The third-order valence-corrected chi connectivity index (χ3v) is 2.82. The molecule has 0 bridgehead atoms. The molecule has 1 rings (SSSR count). The van der Waals surface area contributed by atoms with Crippen LogP contribution in [0.4, 0.5) is 4.79 Å². The number of carbonyl (C=O) groups is 2. The SMILES string of the molecule is CC1CC(C)N(C(=O)NC(CO)C(=O)O)C1. The Morgan fingerprint density at radius 1 is 1.50 bits per heavy atom. The molecule has 0 aromatic heterocycles. The molecule has 2 amide bonds. The van der Waals surface area contributed by atoms with Crippen LogP contribution in [0.15, 0.2) is 0 Å². The van der Waals surface area contributed by atoms with Gasteiger partial charge in [-0.15, -0.1) is 0 Å². The van der Waals surface area contributed by atoms with E-state index in [9.17, 15) is 9.59 Å². The zero-order valence-electron chi connectivity index (χ0n) is 9.51. The van der Waals surface area contributed by atoms with E-state index < -0.39 is 24.6 Å². The molecule has 0 aromatic carbocycles. The Morgan fingerprint density at radius 2 is 2.12 bits per heavy atom. The summed E-state index contributed by atoms with van der Waals surface area (Å²) < 4.78 is 0. The van der Waals surface area contributed by atoms with E-state index in [0.29, 0.717) is 12.5 Å². The number of amides is 2. The number of hydrogen-bond donors (Lipinski definition) is 3. The van der Waals surface area contributed by atoms with Crippen molar-refractivity contribution in [1.82, 2.24) is 10.2 Å². The van der Waals surface area contributed by atoms with Crippen molar-refractivity contribution in [1.29, 1.82) is 0 Å². The lowest BCUT2D eigenvalue weighted by atomic mass is 10.1. The zero-order chi connectivity index (χ0) is 12.3. The minimum absolute atomic E-state index is 0.114. The van der Waals surface area contributed by atoms with Crippen LogP contribution in [0.2, 0.25) is 0 Å². The highest BCUT2D eigenvalue weighted by atomic mass is 16.4. The number of carbonyl (C=O) groups excluding carboxylic acids is 1. The van der Waals surface area contributed by atoms with Crippen molar-refractivity contribution in [2.75, 3.05) is 13.2 Å². The fourth-order valence-electron chi connectivity index (χ4n) is 2.00. The molecule has 16 heavy (non-hydrogen) atoms. The predicted octanol–water partition coefficient (Wildman–Crippen LogP) is -0.128. The summed E-state index contributed by atoms with van der Waals surface area (Å²) in [6, 6.07) is -1.53. The second-order valence-electron chi connectivity index (χ2n) is 4.37. The van der Waals surface area contributed by atoms with Gasteiger partial charge in [0.25, 0.3) is 0 Å². The third kappa shape index (κ3) is 2.85. The van der Waals surface area contributed by atoms with Gasteiger partial charge in [-0.05, 0) is 19.3 Å². The Balaban J connectivity index is 2.55. The van der Waals surface area contributed by atoms with Crippen molar-refractivity contribution < 1.29 is 19.8 Å². The zero-order valence-corrected chi connectivity index (χ0v) is 9.51. The Kier molecular flexibility index (Phi) is 4.12. The minimum Gasteiger partial charge on any atom is -0.480 e. The number of hydrogen-bond acceptors (Lipinski definition) is 3. The van der Waals surface area contributed by atoms with Gasteiger partial charge in [-0.1, -0.05) is 6.92 Å². The number of aliphatic carboxylic acids is 1. The summed E-state index contributed by atoms with van der Waals surface area (Å²) in [6.45, 7) is 4.01. The van der Waals surface area contributed by atoms with Crippen LogP contribution in [0.25, 0.3) is 0 Å². The number of nitrogens with zero attached hydrogens (tertiary/aromatic N) is 1. The smallest absolute Gasteiger partial charge is 0.328 e. The second kappa shape index (κ2) is 5.16. The predicted molar refractivity (Wildman–Crippen MR) is 57.0 cm³/mol. The molecule has 92 valence electrons. The largest absolute Gasteiger partial charge is 0.480 e. The summed E-state index contributed by atoms with van der Waals surface area (Å²) >= 11 is 0. The molecule has 1 heterocycles. The van der Waals surface area contributed by atoms with Crippen molar-refractivity contribution in [2.24, 2.45) is 5.92 Å². The Bertz CT molecular complexity index is 282. The number of aliphatic hydroxyl groups excluding tert-OH is 1. The number of aliphatic hydroxyl groups is 1. The summed E-state index contributed by atoms with van der Waals surface area (Å²) in [6.07, 6.45) is 0.921. The van der Waals surface area contributed by atoms with Gasteiger partial charge in [-0.2, -0.15) is 0 Å². The molecule has 1 aliphatic heterocycles. The first-order valence-electron chi connectivity index (χ1n) is 5.36. The van der Waals surface area contributed by atoms with Crippen LogP contribution in [0.3, 0.4) is 0 Å². The van der Waals surface area contributed by atoms with E-state index >= 15 is 0 Å². The molecule has 0 saturated carbocycles. The lowest BCUT2D eigenvalue weighted by Crippen LogP contribution is -2.50. The molecule has 1 fully saturated rings. The highest BCUT2D eigenvalue weighted by molar-refractivity contribution is 5.82. The van der Waals surface area contributed by atoms with E-state index in [-0.39, 0.29) is 6.04 Å². The number of likely N-dealkylation sites (tertiary alicyclic amines) is 1. The monoisotopic (exact) mass is 230 g/mol. The van der Waals surface area contributed by atoms with Gasteiger partial charge < -0.3 is 20.4 Å². The van der Waals surface area contributed by atoms with Crippen LogP contribution in [-0.4, -0.2) is 52.3 Å². The van der Waals surface area contributed by atoms with E-state index in [1.807, 2.05) is 13.8 Å². The number of rotatable bonds is 3. The fraction of sp³-hybridized carbons (Fsp3) is 0.800. The van der Waals surface area contributed by atoms with Gasteiger partial charge in [0, 0.05) is 12.6 Å². The molecule has 0 radical (unpaired) electrons. The Hall–Kier alpha value is -1.30. The summed E-state index contributed by atoms with van der Waals surface area (Å²) in [4.78, 5) is 24.0. The normalized spacial score (nSPS) is 26.6. The average molecular weight is 230 g/mol. The molecular weight excluding hydrogens is 212 g/mol. The molecule has 0 aliphatic carbocycles. The van der Waals surface area contributed by atoms with E-state index in [1.54, 1.807) is 4.90 Å². The maximum absolute atomic E-state index is 11.7. The van der Waals surface area contributed by atoms with Gasteiger partial charge in [0.15, 0.2) is 6.04 Å². The van der Waals surface area contributed by atoms with Crippen molar-refractivity contribution in [3.63, 3.8) is 0 Å². The molecule has 3 unspecified atom stereocenters. The molecular formula is C10H18N2O4. The van der Waals surface area contributed by atoms with Gasteiger partial charge in [-0.25, -0.2) is 9.59 Å². The van der Waals surface area contributed by atoms with E-state index in [2.05, 4.69) is 5.32 Å². The molecule has 6 nitrogen and oxygen atoms in total. The quantitative estimate of drug-likeness (QED) is 0.630. The Morgan fingerprint density at radius 3 is 2.50 bits per heavy atom. The highest BCUT2D eigenvalue weighted by Crippen LogP contribution is 2.22. The number of nitrogens with one attached hydrogen (secondary N) is 1. The van der Waals surface area contributed by atoms with Gasteiger partial charge in [0.05, 0.1) is 6.61 Å². The van der Waals surface area contributed by atoms with Crippen LogP contribution in [-0.2, 0) is 4.79 Å². The first kappa shape index (κ1) is 12.8. The van der Waals surface area contributed by atoms with Crippen LogP contribution in [0, 0.1) is 5.92 Å². The number of carboxylic acids is 1. The van der Waals surface area contributed by atoms with Crippen LogP contribution in [0.5, 0.6) is 0 Å². The van der Waals surface area contributed by atoms with Crippen molar-refractivity contribution in [2.45, 2.75) is 32.4 Å². The molecule has 1 saturated heterocycles. The van der Waals surface area contributed by atoms with Gasteiger partial charge >= 0.3 is 12.0 Å². The van der Waals surface area contributed by atoms with Crippen LogP contribution in [0.1, 0.15) is 20.3 Å². The molecule has 3 N–H and O–H groups in total. The molecule has 6 heteroatoms. The standard InChI is InChI=1S/C10H18N2O4/c1-6-3-7(2)12(4-6)10(16)11-8(5-13)9(14)15/h6-8,13H,3-5H2,1-2H3,(H,11,16)(H,14,15). The number of urea groups is 1. The maximum atomic E-state index is 11.7. The first-order valence-corrected chi connectivity index (χ1v) is 5.36. The first-order chi connectivity index (χ1) is 7.45. The van der Waals surface area contributed by atoms with E-state index in [4.69, 9.17) is 10.2 Å². The topological polar surface area (TPSA) is 89.9 Å². The van der Waals surface area contributed by atoms with E-state index in [1.165, 1.54) is 0 Å². The van der Waals surface area contributed by atoms with Crippen molar-refractivity contribution in [3.05, 3.63) is 0 Å². The number of carboxylic acid groups (broad SMARTS) is 1. The summed E-state index contributed by atoms with van der Waals surface area (Å²) in [5.74, 6) is -0.797. The van der Waals surface area contributed by atoms with Gasteiger partial charge in [-0.3, -0.25) is 0 Å². The molecule has 1 aliphatic rings.